The number of amides is 1. The lowest BCUT2D eigenvalue weighted by atomic mass is 10.0. The van der Waals surface area contributed by atoms with Crippen molar-refractivity contribution in [3.63, 3.8) is 0 Å². The zero-order valence-electron chi connectivity index (χ0n) is 27.0. The fourth-order valence-electron chi connectivity index (χ4n) is 5.04. The van der Waals surface area contributed by atoms with Crippen LogP contribution in [-0.4, -0.2) is 62.3 Å². The highest BCUT2D eigenvalue weighted by Crippen LogP contribution is 2.18. The normalized spacial score (nSPS) is 13.8. The molecule has 2 aromatic carbocycles. The molecule has 0 unspecified atom stereocenters. The van der Waals surface area contributed by atoms with Crippen LogP contribution in [0.1, 0.15) is 77.0 Å². The average molecular weight is 654 g/mol. The second-order valence-corrected chi connectivity index (χ2v) is 13.9. The minimum atomic E-state index is -3.84. The Balaban J connectivity index is 2.34. The van der Waals surface area contributed by atoms with Crippen molar-refractivity contribution in [3.8, 4) is 0 Å². The Bertz CT molecular complexity index is 1320. The second-order valence-electron chi connectivity index (χ2n) is 11.6. The van der Waals surface area contributed by atoms with Gasteiger partial charge in [0.1, 0.15) is 23.8 Å². The van der Waals surface area contributed by atoms with Gasteiger partial charge in [0.25, 0.3) is 0 Å². The van der Waals surface area contributed by atoms with E-state index in [1.807, 2.05) is 45.0 Å². The van der Waals surface area contributed by atoms with Crippen LogP contribution in [0.25, 0.3) is 0 Å². The maximum Gasteiger partial charge on any atom is 0.408 e. The van der Waals surface area contributed by atoms with E-state index in [1.54, 1.807) is 13.8 Å². The van der Waals surface area contributed by atoms with Crippen LogP contribution in [-0.2, 0) is 43.5 Å². The van der Waals surface area contributed by atoms with E-state index in [0.29, 0.717) is 32.2 Å². The van der Waals surface area contributed by atoms with Gasteiger partial charge in [-0.15, -0.1) is 0 Å². The number of halogens is 2. The largest absolute Gasteiger partial charge is 0.458 e. The van der Waals surface area contributed by atoms with Gasteiger partial charge in [-0.3, -0.25) is 0 Å². The third kappa shape index (κ3) is 13.4. The number of alkyl carbamates (subject to hydrolysis) is 1. The molecular formula is C33H49F2N3O6S. The van der Waals surface area contributed by atoms with E-state index in [4.69, 9.17) is 15.2 Å². The van der Waals surface area contributed by atoms with Crippen molar-refractivity contribution in [1.82, 2.24) is 10.6 Å². The standard InChI is InChI=1S/C33H49F2N3O6S/c1-6-10-28(11-7-2)45(41,42)21-30(38-33(40)43-22(4)5)32(39)44-31(20-37-19-24-13-9-12-23(8-3)14-24)29(36)17-25-15-26(34)18-27(35)16-25/h9,12-16,18,22,28-31,37H,6-8,10-11,17,19-21,36H2,1-5H3,(H,38,40)/t29-,30+,31+/m0/s1. The molecule has 2 rings (SSSR count). The molecule has 0 fully saturated rings. The van der Waals surface area contributed by atoms with Gasteiger partial charge in [0, 0.05) is 25.2 Å². The molecule has 1 amide bonds. The van der Waals surface area contributed by atoms with Gasteiger partial charge in [-0.25, -0.2) is 26.8 Å². The van der Waals surface area contributed by atoms with Gasteiger partial charge >= 0.3 is 12.1 Å². The maximum absolute atomic E-state index is 13.9. The summed E-state index contributed by atoms with van der Waals surface area (Å²) < 4.78 is 65.6. The van der Waals surface area contributed by atoms with E-state index >= 15 is 0 Å². The van der Waals surface area contributed by atoms with Crippen LogP contribution in [0, 0.1) is 11.6 Å². The highest BCUT2D eigenvalue weighted by atomic mass is 32.2. The summed E-state index contributed by atoms with van der Waals surface area (Å²) in [6, 6.07) is 8.47. The van der Waals surface area contributed by atoms with Gasteiger partial charge in [0.2, 0.25) is 0 Å². The monoisotopic (exact) mass is 653 g/mol. The number of nitrogens with one attached hydrogen (secondary N) is 2. The number of esters is 1. The van der Waals surface area contributed by atoms with Gasteiger partial charge in [-0.1, -0.05) is 57.9 Å². The quantitative estimate of drug-likeness (QED) is 0.181. The number of benzene rings is 2. The molecule has 0 saturated heterocycles. The van der Waals surface area contributed by atoms with Crippen LogP contribution >= 0.6 is 0 Å². The third-order valence-corrected chi connectivity index (χ3v) is 9.55. The molecule has 0 spiro atoms. The Morgan fingerprint density at radius 1 is 0.911 bits per heavy atom. The molecule has 9 nitrogen and oxygen atoms in total. The number of carbonyl (C=O) groups is 2. The maximum atomic E-state index is 13.9. The van der Waals surface area contributed by atoms with Crippen LogP contribution in [0.5, 0.6) is 0 Å². The fraction of sp³-hybridized carbons (Fsp3) is 0.576. The van der Waals surface area contributed by atoms with Gasteiger partial charge < -0.3 is 25.8 Å². The Morgan fingerprint density at radius 3 is 2.11 bits per heavy atom. The Hall–Kier alpha value is -3.09. The summed E-state index contributed by atoms with van der Waals surface area (Å²) in [6.07, 6.45) is 0.373. The molecule has 0 radical (unpaired) electrons. The number of ether oxygens (including phenoxy) is 2. The zero-order chi connectivity index (χ0) is 33.6. The SMILES string of the molecule is CCCC(CCC)S(=O)(=O)C[C@@H](NC(=O)OC(C)C)C(=O)O[C@H](CNCc1cccc(CC)c1)[C@@H](N)Cc1cc(F)cc(F)c1. The van der Waals surface area contributed by atoms with Gasteiger partial charge in [0.15, 0.2) is 9.84 Å². The Kier molecular flexibility index (Phi) is 15.9. The summed E-state index contributed by atoms with van der Waals surface area (Å²) in [5.41, 5.74) is 8.85. The summed E-state index contributed by atoms with van der Waals surface area (Å²) in [7, 11) is -3.84. The predicted octanol–water partition coefficient (Wildman–Crippen LogP) is 4.99. The first-order valence-corrected chi connectivity index (χ1v) is 17.4. The third-order valence-electron chi connectivity index (χ3n) is 7.26. The Labute approximate surface area is 266 Å². The van der Waals surface area contributed by atoms with Crippen molar-refractivity contribution in [2.75, 3.05) is 12.3 Å². The van der Waals surface area contributed by atoms with Crippen molar-refractivity contribution in [2.45, 2.75) is 109 Å². The van der Waals surface area contributed by atoms with E-state index in [-0.39, 0.29) is 18.5 Å². The van der Waals surface area contributed by atoms with Crippen LogP contribution < -0.4 is 16.4 Å². The van der Waals surface area contributed by atoms with Gasteiger partial charge in [-0.05, 0) is 68.4 Å². The van der Waals surface area contributed by atoms with Crippen molar-refractivity contribution in [1.29, 1.82) is 0 Å². The van der Waals surface area contributed by atoms with Crippen molar-refractivity contribution in [3.05, 3.63) is 70.8 Å². The lowest BCUT2D eigenvalue weighted by Gasteiger charge is -2.28. The minimum absolute atomic E-state index is 0.0412. The molecule has 3 atom stereocenters. The number of aryl methyl sites for hydroxylation is 1. The van der Waals surface area contributed by atoms with Crippen LogP contribution in [0.15, 0.2) is 42.5 Å². The number of carbonyl (C=O) groups excluding carboxylic acids is 2. The molecule has 0 aromatic heterocycles. The molecule has 0 aliphatic rings. The number of sulfone groups is 1. The smallest absolute Gasteiger partial charge is 0.408 e. The first-order valence-electron chi connectivity index (χ1n) is 15.7. The molecule has 2 aromatic rings. The minimum Gasteiger partial charge on any atom is -0.458 e. The highest BCUT2D eigenvalue weighted by molar-refractivity contribution is 7.92. The van der Waals surface area contributed by atoms with Crippen molar-refractivity contribution in [2.24, 2.45) is 5.73 Å². The van der Waals surface area contributed by atoms with E-state index in [0.717, 1.165) is 35.7 Å². The fourth-order valence-corrected chi connectivity index (χ4v) is 7.18. The summed E-state index contributed by atoms with van der Waals surface area (Å²) in [6.45, 7) is 9.50. The Morgan fingerprint density at radius 2 is 1.53 bits per heavy atom. The first kappa shape index (κ1) is 38.1. The van der Waals surface area contributed by atoms with E-state index in [2.05, 4.69) is 10.6 Å². The first-order chi connectivity index (χ1) is 21.3. The van der Waals surface area contributed by atoms with Gasteiger partial charge in [0.05, 0.1) is 17.1 Å². The summed E-state index contributed by atoms with van der Waals surface area (Å²) in [4.78, 5) is 26.1. The number of hydrogen-bond donors (Lipinski definition) is 3. The molecular weight excluding hydrogens is 604 g/mol. The van der Waals surface area contributed by atoms with Crippen LogP contribution in [0.4, 0.5) is 13.6 Å². The number of rotatable bonds is 19. The number of nitrogens with two attached hydrogens (primary N) is 1. The second kappa shape index (κ2) is 18.8. The van der Waals surface area contributed by atoms with Crippen molar-refractivity contribution >= 4 is 21.9 Å². The topological polar surface area (TPSA) is 137 Å². The molecule has 0 aliphatic heterocycles. The van der Waals surface area contributed by atoms with Crippen LogP contribution in [0.3, 0.4) is 0 Å². The lowest BCUT2D eigenvalue weighted by Crippen LogP contribution is -2.52. The molecule has 252 valence electrons. The van der Waals surface area contributed by atoms with E-state index in [9.17, 15) is 26.8 Å². The summed E-state index contributed by atoms with van der Waals surface area (Å²) >= 11 is 0. The highest BCUT2D eigenvalue weighted by Gasteiger charge is 2.35. The van der Waals surface area contributed by atoms with Gasteiger partial charge in [-0.2, -0.15) is 0 Å². The zero-order valence-corrected chi connectivity index (χ0v) is 27.8. The van der Waals surface area contributed by atoms with Crippen molar-refractivity contribution < 1.29 is 36.3 Å². The van der Waals surface area contributed by atoms with E-state index in [1.165, 1.54) is 0 Å². The van der Waals surface area contributed by atoms with Crippen LogP contribution in [0.2, 0.25) is 0 Å². The molecule has 0 heterocycles. The summed E-state index contributed by atoms with van der Waals surface area (Å²) in [5, 5.41) is 4.90. The summed E-state index contributed by atoms with van der Waals surface area (Å²) in [5.74, 6) is -3.23. The molecule has 12 heteroatoms. The number of hydrogen-bond acceptors (Lipinski definition) is 8. The molecule has 0 bridgehead atoms. The molecule has 4 N–H and O–H groups in total. The van der Waals surface area contributed by atoms with E-state index < -0.39 is 68.8 Å². The molecule has 0 aliphatic carbocycles. The average Bonchev–Trinajstić information content (AvgIpc) is 2.95. The molecule has 0 saturated carbocycles. The lowest BCUT2D eigenvalue weighted by molar-refractivity contribution is -0.151. The molecule has 45 heavy (non-hydrogen) atoms. The predicted molar refractivity (Wildman–Crippen MR) is 171 cm³/mol.